The highest BCUT2D eigenvalue weighted by atomic mass is 32.2. The summed E-state index contributed by atoms with van der Waals surface area (Å²) < 4.78 is 28.0. The van der Waals surface area contributed by atoms with Gasteiger partial charge >= 0.3 is 0 Å². The van der Waals surface area contributed by atoms with Crippen molar-refractivity contribution in [3.05, 3.63) is 71.1 Å². The number of hydrogen-bond donors (Lipinski definition) is 1. The maximum Gasteiger partial charge on any atom is 0.262 e. The number of pyridine rings is 1. The lowest BCUT2D eigenvalue weighted by Gasteiger charge is -2.11. The summed E-state index contributed by atoms with van der Waals surface area (Å²) >= 11 is 0. The lowest BCUT2D eigenvalue weighted by atomic mass is 10.1. The molecular weight excluding hydrogens is 328 g/mol. The Morgan fingerprint density at radius 3 is 2.50 bits per heavy atom. The van der Waals surface area contributed by atoms with Crippen LogP contribution in [0.2, 0.25) is 0 Å². The standard InChI is InChI=1S/C17H14N2O4S/c1-12-5-7-15(8-6-12)24(22,23)18-16-4-2-3-14-9-13(11-20)10-19(21)17(14)16/h2-11,18H,1H3. The van der Waals surface area contributed by atoms with Gasteiger partial charge in [0.15, 0.2) is 12.5 Å². The van der Waals surface area contributed by atoms with Crippen molar-refractivity contribution >= 4 is 32.9 Å². The number of aryl methyl sites for hydroxylation is 1. The van der Waals surface area contributed by atoms with Gasteiger partial charge in [-0.15, -0.1) is 0 Å². The molecule has 6 nitrogen and oxygen atoms in total. The molecule has 1 aromatic heterocycles. The van der Waals surface area contributed by atoms with E-state index < -0.39 is 10.0 Å². The molecule has 0 atom stereocenters. The largest absolute Gasteiger partial charge is 0.618 e. The van der Waals surface area contributed by atoms with Crippen molar-refractivity contribution < 1.29 is 17.9 Å². The molecule has 0 aliphatic carbocycles. The van der Waals surface area contributed by atoms with Gasteiger partial charge in [-0.25, -0.2) is 8.42 Å². The van der Waals surface area contributed by atoms with Crippen LogP contribution < -0.4 is 9.45 Å². The van der Waals surface area contributed by atoms with Crippen LogP contribution in [0.4, 0.5) is 5.69 Å². The third-order valence-electron chi connectivity index (χ3n) is 3.59. The first-order chi connectivity index (χ1) is 11.4. The summed E-state index contributed by atoms with van der Waals surface area (Å²) in [4.78, 5) is 11.0. The third kappa shape index (κ3) is 2.93. The van der Waals surface area contributed by atoms with Gasteiger partial charge in [0.1, 0.15) is 5.69 Å². The van der Waals surface area contributed by atoms with E-state index >= 15 is 0 Å². The second-order valence-electron chi connectivity index (χ2n) is 5.38. The Morgan fingerprint density at radius 1 is 1.12 bits per heavy atom. The highest BCUT2D eigenvalue weighted by Crippen LogP contribution is 2.23. The Morgan fingerprint density at radius 2 is 1.83 bits per heavy atom. The van der Waals surface area contributed by atoms with Crippen molar-refractivity contribution in [1.29, 1.82) is 0 Å². The molecule has 0 amide bonds. The van der Waals surface area contributed by atoms with Crippen molar-refractivity contribution in [2.24, 2.45) is 0 Å². The van der Waals surface area contributed by atoms with Crippen LogP contribution in [0.25, 0.3) is 10.9 Å². The average molecular weight is 342 g/mol. The van der Waals surface area contributed by atoms with Crippen LogP contribution in [-0.2, 0) is 10.0 Å². The number of para-hydroxylation sites is 1. The quantitative estimate of drug-likeness (QED) is 0.448. The van der Waals surface area contributed by atoms with Crippen molar-refractivity contribution in [2.45, 2.75) is 11.8 Å². The van der Waals surface area contributed by atoms with E-state index in [0.717, 1.165) is 11.8 Å². The lowest BCUT2D eigenvalue weighted by Crippen LogP contribution is -2.29. The van der Waals surface area contributed by atoms with Crippen molar-refractivity contribution in [3.63, 3.8) is 0 Å². The zero-order chi connectivity index (χ0) is 17.3. The molecule has 0 aliphatic heterocycles. The Bertz CT molecular complexity index is 1030. The van der Waals surface area contributed by atoms with E-state index in [-0.39, 0.29) is 21.7 Å². The van der Waals surface area contributed by atoms with Crippen LogP contribution in [0.3, 0.4) is 0 Å². The number of aromatic nitrogens is 1. The molecular formula is C17H14N2O4S. The van der Waals surface area contributed by atoms with Gasteiger partial charge in [0, 0.05) is 0 Å². The normalized spacial score (nSPS) is 11.4. The summed E-state index contributed by atoms with van der Waals surface area (Å²) in [6, 6.07) is 12.7. The van der Waals surface area contributed by atoms with E-state index in [4.69, 9.17) is 0 Å². The van der Waals surface area contributed by atoms with E-state index in [2.05, 4.69) is 4.72 Å². The fourth-order valence-corrected chi connectivity index (χ4v) is 3.47. The number of aldehydes is 1. The molecule has 24 heavy (non-hydrogen) atoms. The first-order valence-electron chi connectivity index (χ1n) is 7.11. The van der Waals surface area contributed by atoms with Gasteiger partial charge in [-0.05, 0) is 37.3 Å². The summed E-state index contributed by atoms with van der Waals surface area (Å²) in [6.07, 6.45) is 1.68. The van der Waals surface area contributed by atoms with Crippen LogP contribution >= 0.6 is 0 Å². The minimum atomic E-state index is -3.83. The molecule has 0 saturated heterocycles. The Labute approximate surface area is 139 Å². The minimum Gasteiger partial charge on any atom is -0.618 e. The van der Waals surface area contributed by atoms with Gasteiger partial charge in [0.05, 0.1) is 15.8 Å². The number of sulfonamides is 1. The van der Waals surface area contributed by atoms with Gasteiger partial charge in [-0.3, -0.25) is 9.52 Å². The molecule has 0 saturated carbocycles. The fourth-order valence-electron chi connectivity index (χ4n) is 2.41. The number of rotatable bonds is 4. The molecule has 1 N–H and O–H groups in total. The molecule has 0 unspecified atom stereocenters. The van der Waals surface area contributed by atoms with Gasteiger partial charge in [0.2, 0.25) is 5.52 Å². The molecule has 2 aromatic carbocycles. The number of carbonyl (C=O) groups is 1. The minimum absolute atomic E-state index is 0.104. The van der Waals surface area contributed by atoms with Crippen LogP contribution in [-0.4, -0.2) is 14.7 Å². The van der Waals surface area contributed by atoms with Gasteiger partial charge in [-0.1, -0.05) is 23.8 Å². The second-order valence-corrected chi connectivity index (χ2v) is 7.06. The van der Waals surface area contributed by atoms with Crippen LogP contribution in [0.5, 0.6) is 0 Å². The predicted octanol–water partition coefficient (Wildman–Crippen LogP) is 2.39. The number of nitrogens with one attached hydrogen (secondary N) is 1. The maximum atomic E-state index is 12.5. The van der Waals surface area contributed by atoms with E-state index in [1.54, 1.807) is 24.3 Å². The van der Waals surface area contributed by atoms with Crippen LogP contribution in [0.15, 0.2) is 59.6 Å². The molecule has 0 fully saturated rings. The van der Waals surface area contributed by atoms with Gasteiger partial charge in [0.25, 0.3) is 10.0 Å². The number of anilines is 1. The molecule has 0 radical (unpaired) electrons. The van der Waals surface area contributed by atoms with Crippen LogP contribution in [0, 0.1) is 12.1 Å². The Balaban J connectivity index is 2.10. The number of benzene rings is 2. The molecule has 3 aromatic rings. The smallest absolute Gasteiger partial charge is 0.262 e. The summed E-state index contributed by atoms with van der Waals surface area (Å²) in [6.45, 7) is 1.86. The zero-order valence-corrected chi connectivity index (χ0v) is 13.6. The maximum absolute atomic E-state index is 12.5. The third-order valence-corrected chi connectivity index (χ3v) is 4.97. The summed E-state index contributed by atoms with van der Waals surface area (Å²) in [7, 11) is -3.83. The molecule has 1 heterocycles. The molecule has 122 valence electrons. The molecule has 0 aliphatic rings. The van der Waals surface area contributed by atoms with E-state index in [1.807, 2.05) is 6.92 Å². The van der Waals surface area contributed by atoms with Crippen LogP contribution in [0.1, 0.15) is 15.9 Å². The second kappa shape index (κ2) is 5.93. The molecule has 0 spiro atoms. The highest BCUT2D eigenvalue weighted by molar-refractivity contribution is 7.92. The average Bonchev–Trinajstić information content (AvgIpc) is 2.54. The monoisotopic (exact) mass is 342 g/mol. The fraction of sp³-hybridized carbons (Fsp3) is 0.0588. The number of fused-ring (bicyclic) bond motifs is 1. The SMILES string of the molecule is Cc1ccc(S(=O)(=O)Nc2cccc3cc(C=O)c[n+]([O-])c23)cc1. The van der Waals surface area contributed by atoms with Crippen molar-refractivity contribution in [1.82, 2.24) is 0 Å². The number of hydrogen-bond acceptors (Lipinski definition) is 4. The lowest BCUT2D eigenvalue weighted by molar-refractivity contribution is -0.576. The van der Waals surface area contributed by atoms with Crippen molar-refractivity contribution in [3.8, 4) is 0 Å². The van der Waals surface area contributed by atoms with Crippen molar-refractivity contribution in [2.75, 3.05) is 4.72 Å². The van der Waals surface area contributed by atoms with Gasteiger partial charge < -0.3 is 5.21 Å². The predicted molar refractivity (Wildman–Crippen MR) is 90.3 cm³/mol. The van der Waals surface area contributed by atoms with E-state index in [0.29, 0.717) is 16.4 Å². The Kier molecular flexibility index (Phi) is 3.94. The number of nitrogens with zero attached hydrogens (tertiary/aromatic N) is 1. The molecule has 3 rings (SSSR count). The zero-order valence-electron chi connectivity index (χ0n) is 12.8. The summed E-state index contributed by atoms with van der Waals surface area (Å²) in [5.41, 5.74) is 1.47. The topological polar surface area (TPSA) is 90.2 Å². The highest BCUT2D eigenvalue weighted by Gasteiger charge is 2.19. The van der Waals surface area contributed by atoms with E-state index in [9.17, 15) is 18.4 Å². The Hall–Kier alpha value is -2.93. The first kappa shape index (κ1) is 15.9. The summed E-state index contributed by atoms with van der Waals surface area (Å²) in [5.74, 6) is 0. The van der Waals surface area contributed by atoms with Gasteiger partial charge in [-0.2, -0.15) is 4.73 Å². The number of carbonyl (C=O) groups excluding carboxylic acids is 1. The molecule has 7 heteroatoms. The van der Waals surface area contributed by atoms with E-state index in [1.165, 1.54) is 24.3 Å². The molecule has 0 bridgehead atoms. The summed E-state index contributed by atoms with van der Waals surface area (Å²) in [5, 5.41) is 12.6. The first-order valence-corrected chi connectivity index (χ1v) is 8.59.